The van der Waals surface area contributed by atoms with Crippen molar-refractivity contribution in [3.05, 3.63) is 23.2 Å². The average Bonchev–Trinajstić information content (AvgIpc) is 2.84. The van der Waals surface area contributed by atoms with Gasteiger partial charge in [-0.25, -0.2) is 4.98 Å². The van der Waals surface area contributed by atoms with Crippen LogP contribution in [0, 0.1) is 5.92 Å². The molecule has 17 heavy (non-hydrogen) atoms. The van der Waals surface area contributed by atoms with Gasteiger partial charge in [0.05, 0.1) is 5.69 Å². The third-order valence-corrected chi connectivity index (χ3v) is 4.10. The average molecular weight is 248 g/mol. The maximum atomic E-state index is 11.8. The summed E-state index contributed by atoms with van der Waals surface area (Å²) in [6.07, 6.45) is 9.63. The molecule has 3 nitrogen and oxygen atoms in total. The van der Waals surface area contributed by atoms with Crippen molar-refractivity contribution in [1.82, 2.24) is 4.98 Å². The van der Waals surface area contributed by atoms with Crippen LogP contribution in [0.4, 0.5) is 5.13 Å². The third-order valence-electron chi connectivity index (χ3n) is 3.32. The lowest BCUT2D eigenvalue weighted by molar-refractivity contribution is -0.116. The number of aromatic nitrogens is 1. The second kappa shape index (κ2) is 4.61. The first-order valence-electron chi connectivity index (χ1n) is 6.23. The number of amides is 1. The largest absolute Gasteiger partial charge is 0.302 e. The highest BCUT2D eigenvalue weighted by Crippen LogP contribution is 2.40. The Kier molecular flexibility index (Phi) is 2.97. The molecule has 1 fully saturated rings. The number of rotatable bonds is 4. The smallest absolute Gasteiger partial charge is 0.226 e. The zero-order valence-electron chi connectivity index (χ0n) is 9.69. The van der Waals surface area contributed by atoms with Crippen LogP contribution < -0.4 is 5.32 Å². The second-order valence-electron chi connectivity index (χ2n) is 4.87. The predicted octanol–water partition coefficient (Wildman–Crippen LogP) is 3.32. The van der Waals surface area contributed by atoms with E-state index in [9.17, 15) is 4.79 Å². The van der Waals surface area contributed by atoms with E-state index in [0.717, 1.165) is 23.7 Å². The van der Waals surface area contributed by atoms with Crippen LogP contribution in [0.15, 0.2) is 17.5 Å². The Morgan fingerprint density at radius 2 is 2.35 bits per heavy atom. The molecule has 90 valence electrons. The fourth-order valence-corrected chi connectivity index (χ4v) is 2.99. The minimum absolute atomic E-state index is 0.0956. The standard InChI is InChI=1S/C13H16N2OS/c16-12(7-9-3-1-2-4-9)15-13-14-11(8-17-13)10-5-6-10/h1,3,8-10H,2,4-7H2,(H,14,15,16)/t9-/m1/s1. The molecule has 0 unspecified atom stereocenters. The van der Waals surface area contributed by atoms with E-state index in [1.807, 2.05) is 0 Å². The number of allylic oxidation sites excluding steroid dienone is 2. The van der Waals surface area contributed by atoms with Crippen LogP contribution in [0.1, 0.15) is 43.7 Å². The molecule has 4 heteroatoms. The van der Waals surface area contributed by atoms with Crippen molar-refractivity contribution in [2.45, 2.75) is 38.0 Å². The summed E-state index contributed by atoms with van der Waals surface area (Å²) >= 11 is 1.54. The molecule has 0 aromatic carbocycles. The van der Waals surface area contributed by atoms with Gasteiger partial charge in [0.1, 0.15) is 0 Å². The molecule has 1 aromatic heterocycles. The molecule has 0 aliphatic heterocycles. The Morgan fingerprint density at radius 3 is 3.06 bits per heavy atom. The summed E-state index contributed by atoms with van der Waals surface area (Å²) in [5, 5.41) is 5.74. The van der Waals surface area contributed by atoms with Crippen LogP contribution in [0.2, 0.25) is 0 Å². The van der Waals surface area contributed by atoms with Crippen molar-refractivity contribution in [2.75, 3.05) is 5.32 Å². The van der Waals surface area contributed by atoms with Gasteiger partial charge < -0.3 is 5.32 Å². The van der Waals surface area contributed by atoms with Gasteiger partial charge in [-0.1, -0.05) is 12.2 Å². The van der Waals surface area contributed by atoms with Gasteiger partial charge in [0.25, 0.3) is 0 Å². The minimum atomic E-state index is 0.0956. The van der Waals surface area contributed by atoms with E-state index in [2.05, 4.69) is 27.8 Å². The molecule has 0 saturated heterocycles. The maximum Gasteiger partial charge on any atom is 0.226 e. The predicted molar refractivity (Wildman–Crippen MR) is 69.2 cm³/mol. The first-order valence-corrected chi connectivity index (χ1v) is 7.11. The summed E-state index contributed by atoms with van der Waals surface area (Å²) in [4.78, 5) is 16.2. The molecule has 2 aliphatic carbocycles. The Bertz CT molecular complexity index is 448. The highest BCUT2D eigenvalue weighted by atomic mass is 32.1. The lowest BCUT2D eigenvalue weighted by atomic mass is 10.1. The molecule has 1 atom stereocenters. The van der Waals surface area contributed by atoms with Gasteiger partial charge in [-0.2, -0.15) is 0 Å². The molecule has 0 radical (unpaired) electrons. The van der Waals surface area contributed by atoms with Gasteiger partial charge in [-0.3, -0.25) is 4.79 Å². The first kappa shape index (κ1) is 11.0. The summed E-state index contributed by atoms with van der Waals surface area (Å²) in [6, 6.07) is 0. The van der Waals surface area contributed by atoms with E-state index in [1.54, 1.807) is 11.3 Å². The zero-order valence-corrected chi connectivity index (χ0v) is 10.5. The van der Waals surface area contributed by atoms with Crippen LogP contribution in [0.25, 0.3) is 0 Å². The lowest BCUT2D eigenvalue weighted by Gasteiger charge is -2.06. The molecule has 1 aromatic rings. The van der Waals surface area contributed by atoms with E-state index < -0.39 is 0 Å². The number of thiazole rings is 1. The van der Waals surface area contributed by atoms with Crippen LogP contribution in [-0.2, 0) is 4.79 Å². The van der Waals surface area contributed by atoms with Gasteiger partial charge in [0, 0.05) is 17.7 Å². The molecule has 1 amide bonds. The number of anilines is 1. The van der Waals surface area contributed by atoms with Crippen LogP contribution in [0.5, 0.6) is 0 Å². The molecule has 2 aliphatic rings. The normalized spacial score (nSPS) is 22.9. The lowest BCUT2D eigenvalue weighted by Crippen LogP contribution is -2.14. The topological polar surface area (TPSA) is 42.0 Å². The van der Waals surface area contributed by atoms with Crippen molar-refractivity contribution in [3.8, 4) is 0 Å². The Balaban J connectivity index is 1.53. The zero-order chi connectivity index (χ0) is 11.7. The highest BCUT2D eigenvalue weighted by Gasteiger charge is 2.26. The molecule has 0 spiro atoms. The van der Waals surface area contributed by atoms with E-state index in [4.69, 9.17) is 0 Å². The quantitative estimate of drug-likeness (QED) is 0.830. The fourth-order valence-electron chi connectivity index (χ4n) is 2.18. The highest BCUT2D eigenvalue weighted by molar-refractivity contribution is 7.13. The van der Waals surface area contributed by atoms with E-state index in [-0.39, 0.29) is 5.91 Å². The van der Waals surface area contributed by atoms with Crippen LogP contribution in [0.3, 0.4) is 0 Å². The van der Waals surface area contributed by atoms with Gasteiger partial charge >= 0.3 is 0 Å². The van der Waals surface area contributed by atoms with Crippen LogP contribution in [-0.4, -0.2) is 10.9 Å². The SMILES string of the molecule is O=C(C[C@@H]1C=CCC1)Nc1nc(C2CC2)cs1. The van der Waals surface area contributed by atoms with Crippen molar-refractivity contribution < 1.29 is 4.79 Å². The molecule has 0 bridgehead atoms. The Morgan fingerprint density at radius 1 is 1.47 bits per heavy atom. The Hall–Kier alpha value is -1.16. The van der Waals surface area contributed by atoms with Crippen LogP contribution >= 0.6 is 11.3 Å². The first-order chi connectivity index (χ1) is 8.31. The fraction of sp³-hybridized carbons (Fsp3) is 0.538. The maximum absolute atomic E-state index is 11.8. The molecular weight excluding hydrogens is 232 g/mol. The monoisotopic (exact) mass is 248 g/mol. The minimum Gasteiger partial charge on any atom is -0.302 e. The summed E-state index contributed by atoms with van der Waals surface area (Å²) < 4.78 is 0. The number of hydrogen-bond donors (Lipinski definition) is 1. The Labute approximate surface area is 105 Å². The number of carbonyl (C=O) groups is 1. The second-order valence-corrected chi connectivity index (χ2v) is 5.73. The molecule has 1 heterocycles. The summed E-state index contributed by atoms with van der Waals surface area (Å²) in [5.41, 5.74) is 1.16. The van der Waals surface area contributed by atoms with Gasteiger partial charge in [0.15, 0.2) is 5.13 Å². The summed E-state index contributed by atoms with van der Waals surface area (Å²) in [5.74, 6) is 1.19. The van der Waals surface area contributed by atoms with Gasteiger partial charge in [-0.05, 0) is 31.6 Å². The summed E-state index contributed by atoms with van der Waals surface area (Å²) in [7, 11) is 0. The number of nitrogens with one attached hydrogen (secondary N) is 1. The van der Waals surface area contributed by atoms with Crippen molar-refractivity contribution >= 4 is 22.4 Å². The van der Waals surface area contributed by atoms with E-state index in [1.165, 1.54) is 12.8 Å². The molecular formula is C13H16N2OS. The third kappa shape index (κ3) is 2.75. The van der Waals surface area contributed by atoms with Crippen molar-refractivity contribution in [3.63, 3.8) is 0 Å². The molecule has 1 saturated carbocycles. The summed E-state index contributed by atoms with van der Waals surface area (Å²) in [6.45, 7) is 0. The van der Waals surface area contributed by atoms with Gasteiger partial charge in [0.2, 0.25) is 5.91 Å². The van der Waals surface area contributed by atoms with Crippen molar-refractivity contribution in [2.24, 2.45) is 5.92 Å². The van der Waals surface area contributed by atoms with Gasteiger partial charge in [-0.15, -0.1) is 11.3 Å². The van der Waals surface area contributed by atoms with E-state index >= 15 is 0 Å². The van der Waals surface area contributed by atoms with Crippen molar-refractivity contribution in [1.29, 1.82) is 0 Å². The number of nitrogens with zero attached hydrogens (tertiary/aromatic N) is 1. The molecule has 3 rings (SSSR count). The van der Waals surface area contributed by atoms with E-state index in [0.29, 0.717) is 18.3 Å². The molecule has 1 N–H and O–H groups in total. The number of hydrogen-bond acceptors (Lipinski definition) is 3. The number of carbonyl (C=O) groups excluding carboxylic acids is 1.